The van der Waals surface area contributed by atoms with Crippen molar-refractivity contribution in [1.82, 2.24) is 4.90 Å². The van der Waals surface area contributed by atoms with Crippen LogP contribution in [0.1, 0.15) is 36.5 Å². The summed E-state index contributed by atoms with van der Waals surface area (Å²) in [5.41, 5.74) is 10.5. The van der Waals surface area contributed by atoms with E-state index in [1.807, 2.05) is 0 Å². The van der Waals surface area contributed by atoms with Crippen molar-refractivity contribution in [1.29, 1.82) is 0 Å². The number of hydrogen-bond donors (Lipinski definition) is 1. The molecule has 0 saturated carbocycles. The number of benzene rings is 1. The van der Waals surface area contributed by atoms with Gasteiger partial charge in [-0.3, -0.25) is 4.90 Å². The molecule has 0 radical (unpaired) electrons. The Kier molecular flexibility index (Phi) is 3.55. The first kappa shape index (κ1) is 12.6. The fourth-order valence-corrected chi connectivity index (χ4v) is 3.03. The number of hydrogen-bond acceptors (Lipinski definition) is 2. The number of nitrogens with zero attached hydrogens (tertiary/aromatic N) is 1. The van der Waals surface area contributed by atoms with Gasteiger partial charge in [0.1, 0.15) is 0 Å². The zero-order valence-corrected chi connectivity index (χ0v) is 11.3. The van der Waals surface area contributed by atoms with Crippen LogP contribution in [0.4, 0.5) is 0 Å². The van der Waals surface area contributed by atoms with E-state index in [1.54, 1.807) is 0 Å². The Bertz CT molecular complexity index is 372. The lowest BCUT2D eigenvalue weighted by atomic mass is 9.86. The van der Waals surface area contributed by atoms with Gasteiger partial charge in [0.2, 0.25) is 0 Å². The van der Waals surface area contributed by atoms with Crippen molar-refractivity contribution in [2.24, 2.45) is 5.73 Å². The van der Waals surface area contributed by atoms with E-state index in [0.29, 0.717) is 0 Å². The highest BCUT2D eigenvalue weighted by Gasteiger charge is 2.37. The summed E-state index contributed by atoms with van der Waals surface area (Å²) in [7, 11) is 0. The van der Waals surface area contributed by atoms with Crippen LogP contribution in [0.15, 0.2) is 18.2 Å². The van der Waals surface area contributed by atoms with Gasteiger partial charge in [0, 0.05) is 25.2 Å². The standard InChI is InChI=1S/C15H24N2/c1-4-5-15(16)10-17(11-15)9-14-7-12(2)6-13(3)8-14/h6-8H,4-5,9-11,16H2,1-3H3. The van der Waals surface area contributed by atoms with E-state index in [1.165, 1.54) is 23.1 Å². The average Bonchev–Trinajstić information content (AvgIpc) is 2.13. The zero-order chi connectivity index (χ0) is 12.5. The molecule has 1 saturated heterocycles. The van der Waals surface area contributed by atoms with E-state index in [4.69, 9.17) is 5.73 Å². The van der Waals surface area contributed by atoms with E-state index < -0.39 is 0 Å². The minimum absolute atomic E-state index is 0.0909. The molecule has 2 nitrogen and oxygen atoms in total. The van der Waals surface area contributed by atoms with Gasteiger partial charge in [-0.2, -0.15) is 0 Å². The summed E-state index contributed by atoms with van der Waals surface area (Å²) in [6, 6.07) is 6.79. The lowest BCUT2D eigenvalue weighted by Gasteiger charge is -2.48. The molecule has 0 amide bonds. The van der Waals surface area contributed by atoms with Gasteiger partial charge in [-0.15, -0.1) is 0 Å². The van der Waals surface area contributed by atoms with E-state index in [9.17, 15) is 0 Å². The summed E-state index contributed by atoms with van der Waals surface area (Å²) in [4.78, 5) is 2.45. The SMILES string of the molecule is CCCC1(N)CN(Cc2cc(C)cc(C)c2)C1. The normalized spacial score (nSPS) is 19.1. The molecule has 0 spiro atoms. The maximum absolute atomic E-state index is 6.28. The number of nitrogens with two attached hydrogens (primary N) is 1. The Morgan fingerprint density at radius 2 is 1.76 bits per heavy atom. The minimum Gasteiger partial charge on any atom is -0.323 e. The molecule has 2 N–H and O–H groups in total. The summed E-state index contributed by atoms with van der Waals surface area (Å²) >= 11 is 0. The van der Waals surface area contributed by atoms with Crippen molar-refractivity contribution in [2.75, 3.05) is 13.1 Å². The first-order chi connectivity index (χ1) is 8.00. The van der Waals surface area contributed by atoms with Crippen LogP contribution in [-0.4, -0.2) is 23.5 Å². The number of rotatable bonds is 4. The van der Waals surface area contributed by atoms with Crippen LogP contribution in [0.2, 0.25) is 0 Å². The molecule has 1 fully saturated rings. The third-order valence-electron chi connectivity index (χ3n) is 3.51. The van der Waals surface area contributed by atoms with Crippen LogP contribution < -0.4 is 5.73 Å². The monoisotopic (exact) mass is 232 g/mol. The molecule has 0 unspecified atom stereocenters. The predicted molar refractivity (Wildman–Crippen MR) is 73.0 cm³/mol. The molecule has 0 aromatic heterocycles. The molecule has 17 heavy (non-hydrogen) atoms. The molecule has 1 aliphatic rings. The second kappa shape index (κ2) is 4.79. The fraction of sp³-hybridized carbons (Fsp3) is 0.600. The van der Waals surface area contributed by atoms with E-state index in [0.717, 1.165) is 26.1 Å². The Labute approximate surface area is 105 Å². The molecule has 1 aliphatic heterocycles. The number of likely N-dealkylation sites (tertiary alicyclic amines) is 1. The van der Waals surface area contributed by atoms with Crippen LogP contribution in [0, 0.1) is 13.8 Å². The molecule has 0 bridgehead atoms. The quantitative estimate of drug-likeness (QED) is 0.864. The van der Waals surface area contributed by atoms with Gasteiger partial charge in [0.25, 0.3) is 0 Å². The van der Waals surface area contributed by atoms with Gasteiger partial charge in [0.15, 0.2) is 0 Å². The van der Waals surface area contributed by atoms with Gasteiger partial charge in [0.05, 0.1) is 0 Å². The first-order valence-corrected chi connectivity index (χ1v) is 6.59. The lowest BCUT2D eigenvalue weighted by molar-refractivity contribution is 0.0567. The van der Waals surface area contributed by atoms with Crippen molar-refractivity contribution in [3.8, 4) is 0 Å². The summed E-state index contributed by atoms with van der Waals surface area (Å²) in [6.07, 6.45) is 2.34. The molecule has 94 valence electrons. The second-order valence-electron chi connectivity index (χ2n) is 5.75. The number of aryl methyl sites for hydroxylation is 2. The maximum Gasteiger partial charge on any atom is 0.0412 e. The maximum atomic E-state index is 6.28. The Hall–Kier alpha value is -0.860. The van der Waals surface area contributed by atoms with Gasteiger partial charge in [-0.1, -0.05) is 42.7 Å². The molecular formula is C15H24N2. The average molecular weight is 232 g/mol. The van der Waals surface area contributed by atoms with E-state index in [2.05, 4.69) is 43.9 Å². The van der Waals surface area contributed by atoms with Crippen LogP contribution in [-0.2, 0) is 6.54 Å². The molecule has 0 aliphatic carbocycles. The molecule has 2 heteroatoms. The Morgan fingerprint density at radius 1 is 1.18 bits per heavy atom. The van der Waals surface area contributed by atoms with Gasteiger partial charge >= 0.3 is 0 Å². The molecular weight excluding hydrogens is 208 g/mol. The molecule has 1 aromatic carbocycles. The molecule has 0 atom stereocenters. The third-order valence-corrected chi connectivity index (χ3v) is 3.51. The predicted octanol–water partition coefficient (Wildman–Crippen LogP) is 2.62. The highest BCUT2D eigenvalue weighted by Crippen LogP contribution is 2.25. The highest BCUT2D eigenvalue weighted by atomic mass is 15.2. The summed E-state index contributed by atoms with van der Waals surface area (Å²) < 4.78 is 0. The highest BCUT2D eigenvalue weighted by molar-refractivity contribution is 5.28. The van der Waals surface area contributed by atoms with Crippen LogP contribution in [0.3, 0.4) is 0 Å². The lowest BCUT2D eigenvalue weighted by Crippen LogP contribution is -2.66. The smallest absolute Gasteiger partial charge is 0.0412 e. The Balaban J connectivity index is 1.91. The van der Waals surface area contributed by atoms with Crippen molar-refractivity contribution in [3.05, 3.63) is 34.9 Å². The van der Waals surface area contributed by atoms with E-state index in [-0.39, 0.29) is 5.54 Å². The van der Waals surface area contributed by atoms with Gasteiger partial charge in [-0.05, 0) is 25.8 Å². The second-order valence-corrected chi connectivity index (χ2v) is 5.75. The van der Waals surface area contributed by atoms with Crippen LogP contribution >= 0.6 is 0 Å². The van der Waals surface area contributed by atoms with Crippen molar-refractivity contribution >= 4 is 0 Å². The minimum atomic E-state index is 0.0909. The van der Waals surface area contributed by atoms with Gasteiger partial charge in [-0.25, -0.2) is 0 Å². The van der Waals surface area contributed by atoms with Crippen molar-refractivity contribution in [2.45, 2.75) is 45.7 Å². The summed E-state index contributed by atoms with van der Waals surface area (Å²) in [5.74, 6) is 0. The van der Waals surface area contributed by atoms with Crippen molar-refractivity contribution < 1.29 is 0 Å². The molecule has 1 aromatic rings. The summed E-state index contributed by atoms with van der Waals surface area (Å²) in [5, 5.41) is 0. The van der Waals surface area contributed by atoms with Gasteiger partial charge < -0.3 is 5.73 Å². The third kappa shape index (κ3) is 3.08. The molecule has 2 rings (SSSR count). The largest absolute Gasteiger partial charge is 0.323 e. The fourth-order valence-electron chi connectivity index (χ4n) is 3.03. The summed E-state index contributed by atoms with van der Waals surface area (Å²) in [6.45, 7) is 9.68. The molecule has 1 heterocycles. The van der Waals surface area contributed by atoms with E-state index >= 15 is 0 Å². The first-order valence-electron chi connectivity index (χ1n) is 6.59. The van der Waals surface area contributed by atoms with Crippen molar-refractivity contribution in [3.63, 3.8) is 0 Å². The van der Waals surface area contributed by atoms with Crippen LogP contribution in [0.5, 0.6) is 0 Å². The topological polar surface area (TPSA) is 29.3 Å². The van der Waals surface area contributed by atoms with Crippen LogP contribution in [0.25, 0.3) is 0 Å². The Morgan fingerprint density at radius 3 is 2.29 bits per heavy atom. The zero-order valence-electron chi connectivity index (χ0n) is 11.3.